The summed E-state index contributed by atoms with van der Waals surface area (Å²) < 4.78 is 0. The Balaban J connectivity index is 0.000000980. The van der Waals surface area contributed by atoms with Crippen LogP contribution in [0.2, 0.25) is 0 Å². The van der Waals surface area contributed by atoms with Gasteiger partial charge in [-0.05, 0) is 16.8 Å². The predicted octanol–water partition coefficient (Wildman–Crippen LogP) is 1.62. The Bertz CT molecular complexity index is 466. The fourth-order valence-electron chi connectivity index (χ4n) is 1.41. The van der Waals surface area contributed by atoms with Crippen LogP contribution in [0.5, 0.6) is 0 Å². The smallest absolute Gasteiger partial charge is 0 e. The van der Waals surface area contributed by atoms with E-state index in [4.69, 9.17) is 5.11 Å². The van der Waals surface area contributed by atoms with Crippen LogP contribution in [0.3, 0.4) is 0 Å². The van der Waals surface area contributed by atoms with E-state index in [-0.39, 0.29) is 54.8 Å². The first-order chi connectivity index (χ1) is 6.29. The Morgan fingerprint density at radius 3 is 2.27 bits per heavy atom. The number of hydrogen-bond acceptors (Lipinski definition) is 1. The molecule has 2 nitrogen and oxygen atoms in total. The molecule has 0 bridgehead atoms. The van der Waals surface area contributed by atoms with Gasteiger partial charge >= 0.3 is 43.7 Å². The average Bonchev–Trinajstić information content (AvgIpc) is 2.17. The summed E-state index contributed by atoms with van der Waals surface area (Å²) in [5.41, 5.74) is 0.359. The summed E-state index contributed by atoms with van der Waals surface area (Å²) in [6.07, 6.45) is 0. The van der Waals surface area contributed by atoms with Crippen molar-refractivity contribution in [3.05, 3.63) is 48.0 Å². The number of rotatable bonds is 1. The third-order valence-corrected chi connectivity index (χ3v) is 2.02. The van der Waals surface area contributed by atoms with E-state index in [1.54, 1.807) is 12.1 Å². The van der Waals surface area contributed by atoms with Gasteiger partial charge in [0.1, 0.15) is 0 Å². The van der Waals surface area contributed by atoms with Crippen LogP contribution in [0.1, 0.15) is 10.4 Å². The van der Waals surface area contributed by atoms with Crippen molar-refractivity contribution in [1.29, 1.82) is 0 Å². The molecule has 4 heteroatoms. The van der Waals surface area contributed by atoms with Crippen LogP contribution < -0.4 is 0 Å². The molecule has 0 amide bonds. The Kier molecular flexibility index (Phi) is 6.49. The van der Waals surface area contributed by atoms with Gasteiger partial charge in [0.2, 0.25) is 0 Å². The van der Waals surface area contributed by atoms with Gasteiger partial charge in [0, 0.05) is 17.1 Å². The molecule has 0 aliphatic rings. The molecule has 0 saturated carbocycles. The van der Waals surface area contributed by atoms with Crippen LogP contribution in [0, 0.1) is 0 Å². The normalized spacial score (nSPS) is 8.80. The molecule has 0 aromatic heterocycles. The maximum atomic E-state index is 10.8. The second-order valence-electron chi connectivity index (χ2n) is 2.83. The molecule has 2 aromatic rings. The molecule has 0 aliphatic carbocycles. The Morgan fingerprint density at radius 1 is 1.00 bits per heavy atom. The molecule has 0 atom stereocenters. The molecule has 1 radical (unpaired) electrons. The minimum atomic E-state index is -0.878. The Morgan fingerprint density at radius 2 is 1.60 bits per heavy atom. The van der Waals surface area contributed by atoms with Gasteiger partial charge in [-0.1, -0.05) is 36.4 Å². The quantitative estimate of drug-likeness (QED) is 0.799. The number of carbonyl (C=O) groups is 1. The molecule has 15 heavy (non-hydrogen) atoms. The third kappa shape index (κ3) is 3.20. The van der Waals surface area contributed by atoms with Crippen molar-refractivity contribution in [3.8, 4) is 0 Å². The van der Waals surface area contributed by atoms with E-state index >= 15 is 0 Å². The largest absolute Gasteiger partial charge is 0 e. The van der Waals surface area contributed by atoms with Crippen LogP contribution >= 0.6 is 0 Å². The van der Waals surface area contributed by atoms with E-state index in [0.717, 1.165) is 10.8 Å². The van der Waals surface area contributed by atoms with Crippen molar-refractivity contribution in [2.75, 3.05) is 0 Å². The van der Waals surface area contributed by atoms with Gasteiger partial charge in [0.05, 0.1) is 5.56 Å². The number of fused-ring (bicyclic) bond motifs is 1. The molecule has 0 aliphatic heterocycles. The zero-order chi connectivity index (χ0) is 9.26. The third-order valence-electron chi connectivity index (χ3n) is 2.02. The molecule has 1 N–H and O–H groups in total. The maximum absolute atomic E-state index is 10.8. The average molecular weight is 269 g/mol. The minimum Gasteiger partial charge on any atom is 0 e. The zero-order valence-corrected chi connectivity index (χ0v) is 8.46. The van der Waals surface area contributed by atoms with Gasteiger partial charge in [-0.2, -0.15) is 0 Å². The van der Waals surface area contributed by atoms with E-state index in [2.05, 4.69) is 0 Å². The summed E-state index contributed by atoms with van der Waals surface area (Å²) in [5, 5.41) is 10.6. The number of aromatic carboxylic acids is 1. The molecule has 2 rings (SSSR count). The van der Waals surface area contributed by atoms with Crippen molar-refractivity contribution in [3.63, 3.8) is 0 Å². The second kappa shape index (κ2) is 6.51. The summed E-state index contributed by atoms with van der Waals surface area (Å²) in [7, 11) is 0. The topological polar surface area (TPSA) is 37.3 Å². The molecule has 0 saturated heterocycles. The molecular weight excluding hydrogens is 259 g/mol. The van der Waals surface area contributed by atoms with E-state index in [9.17, 15) is 4.79 Å². The van der Waals surface area contributed by atoms with Crippen LogP contribution in [0.4, 0.5) is 0 Å². The Hall–Kier alpha value is -0.0508. The van der Waals surface area contributed by atoms with Gasteiger partial charge in [-0.3, -0.25) is 0 Å². The number of benzene rings is 2. The van der Waals surface area contributed by atoms with Gasteiger partial charge in [0.15, 0.2) is 0 Å². The zero-order valence-electron chi connectivity index (χ0n) is 7.27. The van der Waals surface area contributed by atoms with Crippen molar-refractivity contribution in [2.24, 2.45) is 0 Å². The minimum absolute atomic E-state index is 0. The monoisotopic (exact) mass is 269 g/mol. The predicted molar refractivity (Wildman–Crippen MR) is 59.5 cm³/mol. The van der Waals surface area contributed by atoms with Crippen LogP contribution in [0.25, 0.3) is 10.8 Å². The van der Waals surface area contributed by atoms with E-state index in [1.807, 2.05) is 30.3 Å². The fourth-order valence-corrected chi connectivity index (χ4v) is 1.41. The fraction of sp³-hybridized carbons (Fsp3) is 0. The summed E-state index contributed by atoms with van der Waals surface area (Å²) in [6.45, 7) is 0. The van der Waals surface area contributed by atoms with Crippen LogP contribution in [0.15, 0.2) is 42.5 Å². The van der Waals surface area contributed by atoms with Gasteiger partial charge in [-0.25, -0.2) is 4.79 Å². The molecule has 0 unspecified atom stereocenters. The number of carboxylic acids is 1. The van der Waals surface area contributed by atoms with Crippen LogP contribution in [-0.4, -0.2) is 48.8 Å². The first-order valence-corrected chi connectivity index (χ1v) is 4.00. The first-order valence-electron chi connectivity index (χ1n) is 4.00. The summed E-state index contributed by atoms with van der Waals surface area (Å²) in [6, 6.07) is 12.7. The summed E-state index contributed by atoms with van der Waals surface area (Å²) >= 11 is 0. The molecule has 2 aromatic carbocycles. The Labute approximate surface area is 128 Å². The van der Waals surface area contributed by atoms with E-state index < -0.39 is 5.97 Å². The molecule has 0 heterocycles. The van der Waals surface area contributed by atoms with Crippen molar-refractivity contribution in [1.82, 2.24) is 0 Å². The van der Waals surface area contributed by atoms with E-state index in [1.165, 1.54) is 0 Å². The summed E-state index contributed by atoms with van der Waals surface area (Å²) in [4.78, 5) is 10.8. The summed E-state index contributed by atoms with van der Waals surface area (Å²) in [5.74, 6) is -0.878. The SMILES string of the molecule is O=C(O)c1cccc2ccccc12.[CaH2].[Mn]. The van der Waals surface area contributed by atoms with Gasteiger partial charge < -0.3 is 5.11 Å². The van der Waals surface area contributed by atoms with Crippen molar-refractivity contribution in [2.45, 2.75) is 0 Å². The molecule has 75 valence electrons. The molecule has 0 spiro atoms. The number of carboxylic acid groups (broad SMARTS) is 1. The standard InChI is InChI=1S/C11H8O2.Ca.Mn.2H/c12-11(13)10-7-3-5-8-4-1-2-6-9(8)10;;;;/h1-7H,(H,12,13);;;;. The van der Waals surface area contributed by atoms with E-state index in [0.29, 0.717) is 5.56 Å². The first kappa shape index (κ1) is 14.9. The molecule has 0 fully saturated rings. The molecular formula is C11H10CaMnO2. The second-order valence-corrected chi connectivity index (χ2v) is 2.83. The maximum Gasteiger partial charge on any atom is 0 e. The van der Waals surface area contributed by atoms with Crippen molar-refractivity contribution >= 4 is 54.5 Å². The van der Waals surface area contributed by atoms with Crippen molar-refractivity contribution < 1.29 is 27.0 Å². The van der Waals surface area contributed by atoms with Gasteiger partial charge in [0.25, 0.3) is 0 Å². The van der Waals surface area contributed by atoms with Gasteiger partial charge in [-0.15, -0.1) is 0 Å². The van der Waals surface area contributed by atoms with Crippen LogP contribution in [-0.2, 0) is 17.1 Å². The number of hydrogen-bond donors (Lipinski definition) is 1.